The Hall–Kier alpha value is -1.57. The minimum atomic E-state index is -0.620. The molecular formula is C16H27NO4. The van der Waals surface area contributed by atoms with Crippen molar-refractivity contribution in [2.45, 2.75) is 64.7 Å². The summed E-state index contributed by atoms with van der Waals surface area (Å²) >= 11 is 0. The number of esters is 2. The first-order valence-corrected chi connectivity index (χ1v) is 7.78. The third kappa shape index (κ3) is 10.8. The average Bonchev–Trinajstić information content (AvgIpc) is 2.49. The lowest BCUT2D eigenvalue weighted by Crippen LogP contribution is -2.16. The number of nitrogens with zero attached hydrogens (tertiary/aromatic N) is 1. The lowest BCUT2D eigenvalue weighted by Gasteiger charge is -2.07. The van der Waals surface area contributed by atoms with Gasteiger partial charge in [-0.25, -0.2) is 0 Å². The van der Waals surface area contributed by atoms with Gasteiger partial charge in [-0.3, -0.25) is 9.59 Å². The van der Waals surface area contributed by atoms with Gasteiger partial charge in [0, 0.05) is 6.42 Å². The van der Waals surface area contributed by atoms with Gasteiger partial charge < -0.3 is 9.47 Å². The molecule has 0 saturated heterocycles. The Balaban J connectivity index is 3.45. The Labute approximate surface area is 127 Å². The molecule has 0 aliphatic heterocycles. The van der Waals surface area contributed by atoms with Crippen molar-refractivity contribution >= 4 is 11.9 Å². The summed E-state index contributed by atoms with van der Waals surface area (Å²) in [7, 11) is 1.41. The van der Waals surface area contributed by atoms with E-state index < -0.39 is 11.9 Å². The van der Waals surface area contributed by atoms with Gasteiger partial charge in [0.1, 0.15) is 5.92 Å². The van der Waals surface area contributed by atoms with Gasteiger partial charge in [0.2, 0.25) is 0 Å². The second-order valence-electron chi connectivity index (χ2n) is 5.02. The molecule has 0 unspecified atom stereocenters. The van der Waals surface area contributed by atoms with Crippen LogP contribution in [0.1, 0.15) is 64.7 Å². The van der Waals surface area contributed by atoms with Crippen molar-refractivity contribution in [1.82, 2.24) is 0 Å². The van der Waals surface area contributed by atoms with E-state index in [1.165, 1.54) is 7.11 Å². The molecule has 0 bridgehead atoms. The van der Waals surface area contributed by atoms with Crippen LogP contribution in [0.15, 0.2) is 0 Å². The van der Waals surface area contributed by atoms with E-state index in [0.717, 1.165) is 44.9 Å². The van der Waals surface area contributed by atoms with Crippen molar-refractivity contribution in [3.63, 3.8) is 0 Å². The highest BCUT2D eigenvalue weighted by Crippen LogP contribution is 2.14. The Kier molecular flexibility index (Phi) is 12.4. The van der Waals surface area contributed by atoms with Crippen LogP contribution in [0.25, 0.3) is 0 Å². The van der Waals surface area contributed by atoms with Crippen molar-refractivity contribution < 1.29 is 19.1 Å². The number of carbonyl (C=O) groups excluding carboxylic acids is 2. The maximum Gasteiger partial charge on any atom is 0.323 e. The Bertz CT molecular complexity index is 336. The van der Waals surface area contributed by atoms with Crippen LogP contribution in [0.2, 0.25) is 0 Å². The first-order valence-electron chi connectivity index (χ1n) is 7.78. The summed E-state index contributed by atoms with van der Waals surface area (Å²) < 4.78 is 9.42. The highest BCUT2D eigenvalue weighted by atomic mass is 16.5. The molecule has 5 nitrogen and oxygen atoms in total. The molecule has 0 aromatic rings. The van der Waals surface area contributed by atoms with Gasteiger partial charge >= 0.3 is 11.9 Å². The Morgan fingerprint density at radius 1 is 1.05 bits per heavy atom. The largest absolute Gasteiger partial charge is 0.469 e. The minimum absolute atomic E-state index is 0.142. The molecule has 0 amide bonds. The molecule has 5 heteroatoms. The summed E-state index contributed by atoms with van der Waals surface area (Å²) in [6, 6.07) is 2.00. The van der Waals surface area contributed by atoms with Gasteiger partial charge in [-0.1, -0.05) is 38.5 Å². The van der Waals surface area contributed by atoms with Crippen molar-refractivity contribution in [2.75, 3.05) is 13.7 Å². The van der Waals surface area contributed by atoms with Gasteiger partial charge in [0.15, 0.2) is 0 Å². The molecular weight excluding hydrogens is 270 g/mol. The number of hydrogen-bond acceptors (Lipinski definition) is 5. The summed E-state index contributed by atoms with van der Waals surface area (Å²) in [5.41, 5.74) is 0. The molecule has 0 radical (unpaired) electrons. The third-order valence-corrected chi connectivity index (χ3v) is 3.33. The predicted molar refractivity (Wildman–Crippen MR) is 79.3 cm³/mol. The van der Waals surface area contributed by atoms with E-state index in [-0.39, 0.29) is 5.97 Å². The fraction of sp³-hybridized carbons (Fsp3) is 0.812. The number of nitriles is 1. The van der Waals surface area contributed by atoms with E-state index in [1.807, 2.05) is 6.07 Å². The second-order valence-corrected chi connectivity index (χ2v) is 5.02. The Morgan fingerprint density at radius 3 is 2.14 bits per heavy atom. The molecule has 0 spiro atoms. The second kappa shape index (κ2) is 13.4. The van der Waals surface area contributed by atoms with Crippen LogP contribution >= 0.6 is 0 Å². The van der Waals surface area contributed by atoms with Crippen LogP contribution in [-0.2, 0) is 19.1 Å². The SMILES string of the molecule is CCOC(=O)[C@@H](C#N)CCCCCCCCCC(=O)OC. The van der Waals surface area contributed by atoms with E-state index in [4.69, 9.17) is 10.00 Å². The minimum Gasteiger partial charge on any atom is -0.469 e. The van der Waals surface area contributed by atoms with Crippen LogP contribution < -0.4 is 0 Å². The van der Waals surface area contributed by atoms with E-state index in [9.17, 15) is 9.59 Å². The summed E-state index contributed by atoms with van der Waals surface area (Å²) in [5, 5.41) is 8.90. The summed E-state index contributed by atoms with van der Waals surface area (Å²) in [6.07, 6.45) is 8.23. The van der Waals surface area contributed by atoms with Crippen LogP contribution in [0.3, 0.4) is 0 Å². The molecule has 0 fully saturated rings. The number of hydrogen-bond donors (Lipinski definition) is 0. The molecule has 21 heavy (non-hydrogen) atoms. The third-order valence-electron chi connectivity index (χ3n) is 3.33. The lowest BCUT2D eigenvalue weighted by molar-refractivity contribution is -0.146. The number of methoxy groups -OCH3 is 1. The first kappa shape index (κ1) is 19.4. The summed E-state index contributed by atoms with van der Waals surface area (Å²) in [5.74, 6) is -1.16. The molecule has 0 N–H and O–H groups in total. The first-order chi connectivity index (χ1) is 10.2. The monoisotopic (exact) mass is 297 g/mol. The number of carbonyl (C=O) groups is 2. The smallest absolute Gasteiger partial charge is 0.323 e. The molecule has 0 aromatic carbocycles. The maximum absolute atomic E-state index is 11.4. The lowest BCUT2D eigenvalue weighted by atomic mass is 10.0. The molecule has 0 aliphatic rings. The molecule has 1 atom stereocenters. The van der Waals surface area contributed by atoms with E-state index in [2.05, 4.69) is 4.74 Å². The molecule has 0 saturated carbocycles. The summed E-state index contributed by atoms with van der Waals surface area (Å²) in [4.78, 5) is 22.3. The zero-order valence-electron chi connectivity index (χ0n) is 13.2. The van der Waals surface area contributed by atoms with Crippen LogP contribution in [-0.4, -0.2) is 25.7 Å². The van der Waals surface area contributed by atoms with Crippen molar-refractivity contribution in [3.8, 4) is 6.07 Å². The predicted octanol–water partition coefficient (Wildman–Crippen LogP) is 3.37. The van der Waals surface area contributed by atoms with Gasteiger partial charge in [0.25, 0.3) is 0 Å². The van der Waals surface area contributed by atoms with Gasteiger partial charge in [-0.2, -0.15) is 5.26 Å². The van der Waals surface area contributed by atoms with Crippen molar-refractivity contribution in [3.05, 3.63) is 0 Å². The van der Waals surface area contributed by atoms with E-state index in [1.54, 1.807) is 6.92 Å². The summed E-state index contributed by atoms with van der Waals surface area (Å²) in [6.45, 7) is 2.06. The van der Waals surface area contributed by atoms with Crippen molar-refractivity contribution in [2.24, 2.45) is 5.92 Å². The fourth-order valence-corrected chi connectivity index (χ4v) is 2.08. The van der Waals surface area contributed by atoms with Crippen LogP contribution in [0, 0.1) is 17.2 Å². The van der Waals surface area contributed by atoms with Crippen LogP contribution in [0.4, 0.5) is 0 Å². The van der Waals surface area contributed by atoms with Crippen LogP contribution in [0.5, 0.6) is 0 Å². The highest BCUT2D eigenvalue weighted by Gasteiger charge is 2.18. The topological polar surface area (TPSA) is 76.4 Å². The van der Waals surface area contributed by atoms with E-state index in [0.29, 0.717) is 19.4 Å². The van der Waals surface area contributed by atoms with Gasteiger partial charge in [0.05, 0.1) is 19.8 Å². The average molecular weight is 297 g/mol. The number of unbranched alkanes of at least 4 members (excludes halogenated alkanes) is 6. The van der Waals surface area contributed by atoms with Gasteiger partial charge in [-0.05, 0) is 19.8 Å². The van der Waals surface area contributed by atoms with E-state index >= 15 is 0 Å². The van der Waals surface area contributed by atoms with Crippen molar-refractivity contribution in [1.29, 1.82) is 5.26 Å². The Morgan fingerprint density at radius 2 is 1.62 bits per heavy atom. The molecule has 0 rings (SSSR count). The van der Waals surface area contributed by atoms with Gasteiger partial charge in [-0.15, -0.1) is 0 Å². The quantitative estimate of drug-likeness (QED) is 0.408. The normalized spacial score (nSPS) is 11.5. The zero-order chi connectivity index (χ0) is 15.9. The fourth-order valence-electron chi connectivity index (χ4n) is 2.08. The maximum atomic E-state index is 11.4. The number of rotatable bonds is 12. The molecule has 120 valence electrons. The standard InChI is InChI=1S/C16H27NO4/c1-3-21-16(19)14(13-17)11-9-7-5-4-6-8-10-12-15(18)20-2/h14H,3-12H2,1-2H3/t14-/m1/s1. The highest BCUT2D eigenvalue weighted by molar-refractivity contribution is 5.75. The molecule has 0 aliphatic carbocycles. The molecule has 0 aromatic heterocycles. The number of ether oxygens (including phenoxy) is 2. The zero-order valence-corrected chi connectivity index (χ0v) is 13.2. The molecule has 0 heterocycles.